The monoisotopic (exact) mass is 333 g/mol. The Morgan fingerprint density at radius 1 is 1.30 bits per heavy atom. The fraction of sp³-hybridized carbons (Fsp3) is 0.231. The zero-order valence-electron chi connectivity index (χ0n) is 10.1. The molecule has 1 aliphatic carbocycles. The van der Waals surface area contributed by atoms with Crippen molar-refractivity contribution in [1.29, 1.82) is 5.26 Å². The maximum atomic E-state index is 12.4. The number of amides is 4. The molecule has 1 N–H and O–H groups in total. The molecule has 3 rings (SSSR count). The molecule has 0 aromatic heterocycles. The summed E-state index contributed by atoms with van der Waals surface area (Å²) >= 11 is 3.24. The second-order valence-corrected chi connectivity index (χ2v) is 5.61. The van der Waals surface area contributed by atoms with Crippen LogP contribution in [0, 0.1) is 16.7 Å². The van der Waals surface area contributed by atoms with Crippen LogP contribution in [-0.2, 0) is 9.59 Å². The third kappa shape index (κ3) is 1.65. The molecule has 0 radical (unpaired) electrons. The number of carbonyl (C=O) groups is 3. The van der Waals surface area contributed by atoms with E-state index >= 15 is 0 Å². The number of nitriles is 1. The fourth-order valence-electron chi connectivity index (χ4n) is 2.22. The van der Waals surface area contributed by atoms with Gasteiger partial charge >= 0.3 is 6.03 Å². The van der Waals surface area contributed by atoms with Crippen LogP contribution in [0.3, 0.4) is 0 Å². The lowest BCUT2D eigenvalue weighted by atomic mass is 10.0. The number of rotatable bonds is 1. The Morgan fingerprint density at radius 3 is 2.55 bits per heavy atom. The van der Waals surface area contributed by atoms with Crippen molar-refractivity contribution in [3.63, 3.8) is 0 Å². The van der Waals surface area contributed by atoms with Crippen molar-refractivity contribution < 1.29 is 14.4 Å². The lowest BCUT2D eigenvalue weighted by molar-refractivity contribution is -0.136. The van der Waals surface area contributed by atoms with Gasteiger partial charge in [-0.3, -0.25) is 14.9 Å². The number of barbiturate groups is 1. The normalized spacial score (nSPS) is 19.8. The van der Waals surface area contributed by atoms with E-state index in [9.17, 15) is 14.4 Å². The van der Waals surface area contributed by atoms with Gasteiger partial charge in [0.2, 0.25) is 5.91 Å². The van der Waals surface area contributed by atoms with Gasteiger partial charge in [0.15, 0.2) is 0 Å². The number of hydrogen-bond donors (Lipinski definition) is 1. The van der Waals surface area contributed by atoms with Gasteiger partial charge in [-0.15, -0.1) is 0 Å². The molecule has 1 saturated carbocycles. The van der Waals surface area contributed by atoms with Crippen LogP contribution in [0.25, 0.3) is 0 Å². The number of nitrogens with zero attached hydrogens (tertiary/aromatic N) is 2. The molecule has 4 amide bonds. The molecule has 100 valence electrons. The van der Waals surface area contributed by atoms with Crippen LogP contribution in [-0.4, -0.2) is 17.8 Å². The molecule has 1 aromatic carbocycles. The van der Waals surface area contributed by atoms with E-state index in [1.54, 1.807) is 0 Å². The van der Waals surface area contributed by atoms with Crippen LogP contribution in [0.5, 0.6) is 0 Å². The van der Waals surface area contributed by atoms with Gasteiger partial charge in [-0.05, 0) is 47.0 Å². The highest BCUT2D eigenvalue weighted by atomic mass is 79.9. The molecule has 20 heavy (non-hydrogen) atoms. The first-order chi connectivity index (χ1) is 9.49. The predicted molar refractivity (Wildman–Crippen MR) is 71.5 cm³/mol. The molecule has 7 heteroatoms. The molecule has 1 spiro atoms. The van der Waals surface area contributed by atoms with E-state index in [1.807, 2.05) is 6.07 Å². The van der Waals surface area contributed by atoms with Gasteiger partial charge in [-0.1, -0.05) is 0 Å². The molecule has 0 atom stereocenters. The molecule has 2 fully saturated rings. The Bertz CT molecular complexity index is 703. The maximum Gasteiger partial charge on any atom is 0.335 e. The number of urea groups is 1. The fourth-order valence-corrected chi connectivity index (χ4v) is 2.77. The molecule has 1 aliphatic heterocycles. The lowest BCUT2D eigenvalue weighted by Gasteiger charge is -2.30. The van der Waals surface area contributed by atoms with Gasteiger partial charge in [-0.2, -0.15) is 5.26 Å². The van der Waals surface area contributed by atoms with E-state index in [2.05, 4.69) is 21.2 Å². The number of halogens is 1. The van der Waals surface area contributed by atoms with Crippen molar-refractivity contribution in [3.05, 3.63) is 28.2 Å². The first-order valence-electron chi connectivity index (χ1n) is 5.89. The SMILES string of the molecule is N#Cc1ccc(N2C(=O)NC(=O)C3(CC3)C2=O)c(Br)c1. The molecule has 2 aliphatic rings. The number of nitrogens with one attached hydrogen (secondary N) is 1. The summed E-state index contributed by atoms with van der Waals surface area (Å²) in [7, 11) is 0. The molecule has 1 heterocycles. The summed E-state index contributed by atoms with van der Waals surface area (Å²) in [5.41, 5.74) is -0.352. The van der Waals surface area contributed by atoms with Crippen molar-refractivity contribution in [2.75, 3.05) is 4.90 Å². The maximum absolute atomic E-state index is 12.4. The van der Waals surface area contributed by atoms with Gasteiger partial charge in [0.1, 0.15) is 5.41 Å². The average molecular weight is 334 g/mol. The first kappa shape index (κ1) is 12.8. The zero-order valence-corrected chi connectivity index (χ0v) is 11.7. The van der Waals surface area contributed by atoms with Gasteiger partial charge in [0, 0.05) is 4.47 Å². The summed E-state index contributed by atoms with van der Waals surface area (Å²) in [5, 5.41) is 11.0. The number of anilines is 1. The van der Waals surface area contributed by atoms with Crippen LogP contribution in [0.15, 0.2) is 22.7 Å². The van der Waals surface area contributed by atoms with E-state index in [0.717, 1.165) is 4.90 Å². The van der Waals surface area contributed by atoms with Crippen LogP contribution in [0.2, 0.25) is 0 Å². The van der Waals surface area contributed by atoms with E-state index < -0.39 is 23.3 Å². The average Bonchev–Trinajstić information content (AvgIpc) is 3.20. The number of benzene rings is 1. The molecular formula is C13H8BrN3O3. The number of hydrogen-bond acceptors (Lipinski definition) is 4. The van der Waals surface area contributed by atoms with Gasteiger partial charge < -0.3 is 0 Å². The first-order valence-corrected chi connectivity index (χ1v) is 6.68. The zero-order chi connectivity index (χ0) is 14.5. The summed E-state index contributed by atoms with van der Waals surface area (Å²) in [6, 6.07) is 5.74. The van der Waals surface area contributed by atoms with Crippen molar-refractivity contribution in [2.45, 2.75) is 12.8 Å². The highest BCUT2D eigenvalue weighted by Gasteiger charge is 2.62. The minimum atomic E-state index is -1.08. The lowest BCUT2D eigenvalue weighted by Crippen LogP contribution is -2.59. The number of imide groups is 2. The summed E-state index contributed by atoms with van der Waals surface area (Å²) in [5.74, 6) is -1.02. The number of carbonyl (C=O) groups excluding carboxylic acids is 3. The minimum absolute atomic E-state index is 0.324. The van der Waals surface area contributed by atoms with Gasteiger partial charge in [0.25, 0.3) is 5.91 Å². The Balaban J connectivity index is 2.05. The Morgan fingerprint density at radius 2 is 2.00 bits per heavy atom. The molecule has 0 bridgehead atoms. The van der Waals surface area contributed by atoms with Crippen molar-refractivity contribution in [2.24, 2.45) is 5.41 Å². The second kappa shape index (κ2) is 4.15. The molecule has 1 saturated heterocycles. The van der Waals surface area contributed by atoms with Crippen LogP contribution in [0.4, 0.5) is 10.5 Å². The Kier molecular flexibility index (Phi) is 2.66. The predicted octanol–water partition coefficient (Wildman–Crippen LogP) is 1.68. The van der Waals surface area contributed by atoms with E-state index in [4.69, 9.17) is 5.26 Å². The summed E-state index contributed by atoms with van der Waals surface area (Å²) < 4.78 is 0.449. The third-order valence-corrected chi connectivity index (χ3v) is 4.17. The standard InChI is InChI=1S/C13H8BrN3O3/c14-8-5-7(6-15)1-2-9(8)17-11(19)13(3-4-13)10(18)16-12(17)20/h1-2,5H,3-4H2,(H,16,18,20). The van der Waals surface area contributed by atoms with Crippen molar-refractivity contribution in [1.82, 2.24) is 5.32 Å². The van der Waals surface area contributed by atoms with Crippen molar-refractivity contribution >= 4 is 39.5 Å². The summed E-state index contributed by atoms with van der Waals surface area (Å²) in [6.45, 7) is 0. The quantitative estimate of drug-likeness (QED) is 0.791. The van der Waals surface area contributed by atoms with Gasteiger partial charge in [-0.25, -0.2) is 9.69 Å². The molecule has 6 nitrogen and oxygen atoms in total. The Labute approximate surface area is 122 Å². The van der Waals surface area contributed by atoms with E-state index in [-0.39, 0.29) is 0 Å². The molecule has 0 unspecified atom stereocenters. The Hall–Kier alpha value is -2.20. The topological polar surface area (TPSA) is 90.3 Å². The van der Waals surface area contributed by atoms with Crippen LogP contribution < -0.4 is 10.2 Å². The van der Waals surface area contributed by atoms with Crippen molar-refractivity contribution in [3.8, 4) is 6.07 Å². The highest BCUT2D eigenvalue weighted by molar-refractivity contribution is 9.10. The van der Waals surface area contributed by atoms with Crippen LogP contribution in [0.1, 0.15) is 18.4 Å². The minimum Gasteiger partial charge on any atom is -0.276 e. The van der Waals surface area contributed by atoms with E-state index in [0.29, 0.717) is 28.6 Å². The highest BCUT2D eigenvalue weighted by Crippen LogP contribution is 2.50. The smallest absolute Gasteiger partial charge is 0.276 e. The largest absolute Gasteiger partial charge is 0.335 e. The van der Waals surface area contributed by atoms with Crippen LogP contribution >= 0.6 is 15.9 Å². The summed E-state index contributed by atoms with van der Waals surface area (Å²) in [6.07, 6.45) is 0.907. The van der Waals surface area contributed by atoms with E-state index in [1.165, 1.54) is 18.2 Å². The molecular weight excluding hydrogens is 326 g/mol. The summed E-state index contributed by atoms with van der Waals surface area (Å²) in [4.78, 5) is 37.0. The third-order valence-electron chi connectivity index (χ3n) is 3.54. The second-order valence-electron chi connectivity index (χ2n) is 4.76. The van der Waals surface area contributed by atoms with Gasteiger partial charge in [0.05, 0.1) is 17.3 Å². The molecule has 1 aromatic rings.